The molecule has 5 heteroatoms. The van der Waals surface area contributed by atoms with Gasteiger partial charge in [0, 0.05) is 40.3 Å². The number of nitrogens with one attached hydrogen (secondary N) is 2. The molecular weight excluding hydrogens is 252 g/mol. The van der Waals surface area contributed by atoms with Crippen molar-refractivity contribution in [2.45, 2.75) is 12.6 Å². The van der Waals surface area contributed by atoms with Crippen LogP contribution in [0.1, 0.15) is 5.56 Å². The Bertz CT molecular complexity index is 421. The number of hydrogen-bond donors (Lipinski definition) is 2. The van der Waals surface area contributed by atoms with E-state index in [4.69, 9.17) is 4.74 Å². The fourth-order valence-corrected chi connectivity index (χ4v) is 2.38. The molecule has 0 bridgehead atoms. The summed E-state index contributed by atoms with van der Waals surface area (Å²) in [6.07, 6.45) is 0.206. The lowest BCUT2D eigenvalue weighted by atomic mass is 10.2. The van der Waals surface area contributed by atoms with E-state index in [0.717, 1.165) is 38.7 Å². The number of rotatable bonds is 4. The topological polar surface area (TPSA) is 48.9 Å². The number of guanidine groups is 1. The second-order valence-corrected chi connectivity index (χ2v) is 4.92. The van der Waals surface area contributed by atoms with Crippen LogP contribution in [0.5, 0.6) is 0 Å². The fraction of sp³-hybridized carbons (Fsp3) is 0.533. The highest BCUT2D eigenvalue weighted by Gasteiger charge is 2.20. The Balaban J connectivity index is 1.80. The van der Waals surface area contributed by atoms with Crippen LogP contribution >= 0.6 is 0 Å². The molecule has 1 heterocycles. The van der Waals surface area contributed by atoms with Crippen molar-refractivity contribution in [3.8, 4) is 0 Å². The van der Waals surface area contributed by atoms with Crippen LogP contribution in [-0.4, -0.2) is 57.3 Å². The summed E-state index contributed by atoms with van der Waals surface area (Å²) in [6.45, 7) is 4.49. The van der Waals surface area contributed by atoms with Gasteiger partial charge in [-0.1, -0.05) is 30.3 Å². The molecular formula is C15H24N4O. The quantitative estimate of drug-likeness (QED) is 0.627. The van der Waals surface area contributed by atoms with E-state index < -0.39 is 0 Å². The van der Waals surface area contributed by atoms with E-state index in [1.54, 1.807) is 7.05 Å². The van der Waals surface area contributed by atoms with Gasteiger partial charge in [-0.05, 0) is 5.56 Å². The van der Waals surface area contributed by atoms with Crippen LogP contribution in [-0.2, 0) is 11.3 Å². The Morgan fingerprint density at radius 3 is 2.90 bits per heavy atom. The minimum Gasteiger partial charge on any atom is -0.374 e. The van der Waals surface area contributed by atoms with Gasteiger partial charge in [-0.25, -0.2) is 0 Å². The van der Waals surface area contributed by atoms with Crippen LogP contribution in [0, 0.1) is 0 Å². The maximum Gasteiger partial charge on any atom is 0.190 e. The zero-order valence-corrected chi connectivity index (χ0v) is 12.3. The van der Waals surface area contributed by atoms with Gasteiger partial charge in [0.1, 0.15) is 0 Å². The van der Waals surface area contributed by atoms with Gasteiger partial charge >= 0.3 is 0 Å². The zero-order valence-electron chi connectivity index (χ0n) is 12.3. The summed E-state index contributed by atoms with van der Waals surface area (Å²) >= 11 is 0. The number of nitrogens with zero attached hydrogens (tertiary/aromatic N) is 2. The first-order chi connectivity index (χ1) is 9.81. The molecule has 5 nitrogen and oxygen atoms in total. The number of benzene rings is 1. The zero-order chi connectivity index (χ0) is 14.2. The molecule has 2 N–H and O–H groups in total. The third kappa shape index (κ3) is 4.51. The predicted molar refractivity (Wildman–Crippen MR) is 81.9 cm³/mol. The molecule has 0 amide bonds. The molecule has 20 heavy (non-hydrogen) atoms. The Morgan fingerprint density at radius 2 is 2.20 bits per heavy atom. The van der Waals surface area contributed by atoms with Crippen molar-refractivity contribution in [2.75, 3.05) is 40.3 Å². The second-order valence-electron chi connectivity index (χ2n) is 4.92. The SMILES string of the molecule is CN=C(NC)NC[C@@H]1CN(Cc2ccccc2)CCO1. The largest absolute Gasteiger partial charge is 0.374 e. The van der Waals surface area contributed by atoms with Gasteiger partial charge in [0.2, 0.25) is 0 Å². The van der Waals surface area contributed by atoms with Crippen molar-refractivity contribution in [1.29, 1.82) is 0 Å². The minimum atomic E-state index is 0.206. The second kappa shape index (κ2) is 7.87. The molecule has 0 aliphatic carbocycles. The third-order valence-electron chi connectivity index (χ3n) is 3.43. The Kier molecular flexibility index (Phi) is 5.83. The molecule has 1 aliphatic heterocycles. The smallest absolute Gasteiger partial charge is 0.190 e. The Labute approximate surface area is 121 Å². The van der Waals surface area contributed by atoms with E-state index in [1.807, 2.05) is 7.05 Å². The Hall–Kier alpha value is -1.59. The van der Waals surface area contributed by atoms with Gasteiger partial charge in [0.15, 0.2) is 5.96 Å². The van der Waals surface area contributed by atoms with E-state index in [9.17, 15) is 0 Å². The van der Waals surface area contributed by atoms with Gasteiger partial charge in [-0.15, -0.1) is 0 Å². The molecule has 0 saturated carbocycles. The molecule has 0 spiro atoms. The summed E-state index contributed by atoms with van der Waals surface area (Å²) in [5.74, 6) is 0.800. The highest BCUT2D eigenvalue weighted by atomic mass is 16.5. The van der Waals surface area contributed by atoms with E-state index >= 15 is 0 Å². The van der Waals surface area contributed by atoms with E-state index in [1.165, 1.54) is 5.56 Å². The molecule has 2 rings (SSSR count). The minimum absolute atomic E-state index is 0.206. The molecule has 0 unspecified atom stereocenters. The molecule has 1 aromatic rings. The molecule has 1 aromatic carbocycles. The predicted octanol–water partition coefficient (Wildman–Crippen LogP) is 0.682. The van der Waals surface area contributed by atoms with Gasteiger partial charge in [0.25, 0.3) is 0 Å². The van der Waals surface area contributed by atoms with Crippen LogP contribution in [0.25, 0.3) is 0 Å². The lowest BCUT2D eigenvalue weighted by molar-refractivity contribution is -0.0281. The number of ether oxygens (including phenoxy) is 1. The number of aliphatic imine (C=N–C) groups is 1. The molecule has 1 atom stereocenters. The first kappa shape index (κ1) is 14.8. The maximum absolute atomic E-state index is 5.80. The van der Waals surface area contributed by atoms with Crippen LogP contribution in [0.3, 0.4) is 0 Å². The molecule has 1 fully saturated rings. The average Bonchev–Trinajstić information content (AvgIpc) is 2.50. The summed E-state index contributed by atoms with van der Waals surface area (Å²) in [7, 11) is 3.63. The molecule has 0 radical (unpaired) electrons. The van der Waals surface area contributed by atoms with Gasteiger partial charge < -0.3 is 15.4 Å². The summed E-state index contributed by atoms with van der Waals surface area (Å²) in [6, 6.07) is 10.6. The summed E-state index contributed by atoms with van der Waals surface area (Å²) in [4.78, 5) is 6.54. The first-order valence-electron chi connectivity index (χ1n) is 7.08. The van der Waals surface area contributed by atoms with Crippen LogP contribution in [0.15, 0.2) is 35.3 Å². The first-order valence-corrected chi connectivity index (χ1v) is 7.08. The third-order valence-corrected chi connectivity index (χ3v) is 3.43. The van der Waals surface area contributed by atoms with Crippen molar-refractivity contribution in [3.05, 3.63) is 35.9 Å². The highest BCUT2D eigenvalue weighted by Crippen LogP contribution is 2.09. The number of hydrogen-bond acceptors (Lipinski definition) is 3. The summed E-state index contributed by atoms with van der Waals surface area (Å²) in [5, 5.41) is 6.27. The fourth-order valence-electron chi connectivity index (χ4n) is 2.38. The number of morpholine rings is 1. The molecule has 0 aromatic heterocycles. The van der Waals surface area contributed by atoms with E-state index in [0.29, 0.717) is 0 Å². The monoisotopic (exact) mass is 276 g/mol. The lowest BCUT2D eigenvalue weighted by Crippen LogP contribution is -2.48. The van der Waals surface area contributed by atoms with Crippen LogP contribution in [0.2, 0.25) is 0 Å². The van der Waals surface area contributed by atoms with Crippen molar-refractivity contribution in [2.24, 2.45) is 4.99 Å². The van der Waals surface area contributed by atoms with E-state index in [2.05, 4.69) is 50.9 Å². The summed E-state index contributed by atoms with van der Waals surface area (Å²) in [5.41, 5.74) is 1.35. The normalized spacial score (nSPS) is 20.7. The lowest BCUT2D eigenvalue weighted by Gasteiger charge is -2.33. The Morgan fingerprint density at radius 1 is 1.40 bits per heavy atom. The summed E-state index contributed by atoms with van der Waals surface area (Å²) < 4.78 is 5.80. The molecule has 110 valence electrons. The van der Waals surface area contributed by atoms with Crippen LogP contribution < -0.4 is 10.6 Å². The van der Waals surface area contributed by atoms with Crippen molar-refractivity contribution in [3.63, 3.8) is 0 Å². The average molecular weight is 276 g/mol. The maximum atomic E-state index is 5.80. The van der Waals surface area contributed by atoms with Gasteiger partial charge in [-0.2, -0.15) is 0 Å². The van der Waals surface area contributed by atoms with E-state index in [-0.39, 0.29) is 6.10 Å². The molecule has 1 saturated heterocycles. The highest BCUT2D eigenvalue weighted by molar-refractivity contribution is 5.79. The van der Waals surface area contributed by atoms with Crippen molar-refractivity contribution >= 4 is 5.96 Å². The van der Waals surface area contributed by atoms with Crippen molar-refractivity contribution < 1.29 is 4.74 Å². The van der Waals surface area contributed by atoms with Gasteiger partial charge in [0.05, 0.1) is 12.7 Å². The van der Waals surface area contributed by atoms with Crippen molar-refractivity contribution in [1.82, 2.24) is 15.5 Å². The van der Waals surface area contributed by atoms with Crippen LogP contribution in [0.4, 0.5) is 0 Å². The molecule has 1 aliphatic rings. The van der Waals surface area contributed by atoms with Gasteiger partial charge in [-0.3, -0.25) is 9.89 Å². The standard InChI is InChI=1S/C15H24N4O/c1-16-15(17-2)18-10-14-12-19(8-9-20-14)11-13-6-4-3-5-7-13/h3-7,14H,8-12H2,1-2H3,(H2,16,17,18)/t14-/m1/s1.